The number of likely N-dealkylation sites (N-methyl/N-ethyl adjacent to an activating group) is 1. The minimum Gasteiger partial charge on any atom is -0.484 e. The first-order valence-corrected chi connectivity index (χ1v) is 9.88. The summed E-state index contributed by atoms with van der Waals surface area (Å²) in [5, 5.41) is 0. The Balaban J connectivity index is 1.96. The molecule has 2 rings (SSSR count). The third kappa shape index (κ3) is 5.31. The number of benzene rings is 2. The summed E-state index contributed by atoms with van der Waals surface area (Å²) in [5.74, 6) is 0.230. The topological polar surface area (TPSA) is 75.7 Å². The molecule has 140 valence electrons. The normalized spacial score (nSPS) is 12.4. The van der Waals surface area contributed by atoms with Crippen LogP contribution in [0.3, 0.4) is 0 Å². The van der Waals surface area contributed by atoms with Crippen molar-refractivity contribution in [2.24, 2.45) is 0 Å². The molecule has 0 heterocycles. The van der Waals surface area contributed by atoms with E-state index in [1.54, 1.807) is 19.2 Å². The maximum Gasteiger partial charge on any atom is 0.264 e. The molecule has 0 aliphatic heterocycles. The van der Waals surface area contributed by atoms with E-state index in [0.29, 0.717) is 12.2 Å². The zero-order valence-corrected chi connectivity index (χ0v) is 16.0. The van der Waals surface area contributed by atoms with E-state index in [2.05, 4.69) is 4.72 Å². The third-order valence-corrected chi connectivity index (χ3v) is 5.59. The minimum atomic E-state index is -3.55. The molecule has 1 N–H and O–H groups in total. The van der Waals surface area contributed by atoms with Crippen molar-refractivity contribution in [1.82, 2.24) is 4.72 Å². The van der Waals surface area contributed by atoms with Gasteiger partial charge in [0.1, 0.15) is 5.75 Å². The first-order chi connectivity index (χ1) is 12.3. The number of rotatable bonds is 8. The summed E-state index contributed by atoms with van der Waals surface area (Å²) in [7, 11) is -1.87. The van der Waals surface area contributed by atoms with Crippen LogP contribution < -0.4 is 14.4 Å². The van der Waals surface area contributed by atoms with Crippen molar-refractivity contribution in [2.75, 3.05) is 18.6 Å². The zero-order chi connectivity index (χ0) is 19.2. The molecule has 0 aliphatic carbocycles. The maximum absolute atomic E-state index is 12.2. The highest BCUT2D eigenvalue weighted by molar-refractivity contribution is 7.89. The van der Waals surface area contributed by atoms with Gasteiger partial charge in [-0.3, -0.25) is 4.79 Å². The number of para-hydroxylation sites is 1. The predicted octanol–water partition coefficient (Wildman–Crippen LogP) is 2.81. The van der Waals surface area contributed by atoms with E-state index in [1.807, 2.05) is 44.2 Å². The van der Waals surface area contributed by atoms with Crippen molar-refractivity contribution in [1.29, 1.82) is 0 Å². The highest BCUT2D eigenvalue weighted by Gasteiger charge is 2.17. The lowest BCUT2D eigenvalue weighted by atomic mass is 10.3. The van der Waals surface area contributed by atoms with E-state index in [9.17, 15) is 13.2 Å². The molecule has 0 spiro atoms. The van der Waals surface area contributed by atoms with Crippen LogP contribution >= 0.6 is 0 Å². The minimum absolute atomic E-state index is 0.136. The first kappa shape index (κ1) is 19.9. The number of hydrogen-bond acceptors (Lipinski definition) is 4. The molecule has 0 aliphatic rings. The van der Waals surface area contributed by atoms with Crippen LogP contribution in [0.2, 0.25) is 0 Å². The molecule has 0 saturated heterocycles. The fourth-order valence-electron chi connectivity index (χ4n) is 2.17. The van der Waals surface area contributed by atoms with E-state index in [-0.39, 0.29) is 23.5 Å². The largest absolute Gasteiger partial charge is 0.484 e. The van der Waals surface area contributed by atoms with Gasteiger partial charge < -0.3 is 9.64 Å². The van der Waals surface area contributed by atoms with E-state index in [0.717, 1.165) is 5.69 Å². The zero-order valence-electron chi connectivity index (χ0n) is 15.2. The lowest BCUT2D eigenvalue weighted by Gasteiger charge is -2.17. The molecule has 6 nitrogen and oxygen atoms in total. The number of nitrogens with zero attached hydrogens (tertiary/aromatic N) is 1. The van der Waals surface area contributed by atoms with Crippen molar-refractivity contribution >= 4 is 21.6 Å². The van der Waals surface area contributed by atoms with Crippen LogP contribution in [0.1, 0.15) is 20.3 Å². The summed E-state index contributed by atoms with van der Waals surface area (Å²) in [6.45, 7) is 3.58. The number of sulfonamides is 1. The van der Waals surface area contributed by atoms with E-state index in [1.165, 1.54) is 17.0 Å². The summed E-state index contributed by atoms with van der Waals surface area (Å²) >= 11 is 0. The van der Waals surface area contributed by atoms with Crippen LogP contribution in [0.15, 0.2) is 59.5 Å². The Morgan fingerprint density at radius 2 is 1.73 bits per heavy atom. The number of amides is 1. The fourth-order valence-corrected chi connectivity index (χ4v) is 3.50. The lowest BCUT2D eigenvalue weighted by Crippen LogP contribution is -2.32. The van der Waals surface area contributed by atoms with Crippen LogP contribution in [0, 0.1) is 0 Å². The predicted molar refractivity (Wildman–Crippen MR) is 102 cm³/mol. The number of anilines is 1. The number of nitrogens with one attached hydrogen (secondary N) is 1. The summed E-state index contributed by atoms with van der Waals surface area (Å²) in [6.07, 6.45) is 0.706. The van der Waals surface area contributed by atoms with Crippen molar-refractivity contribution < 1.29 is 17.9 Å². The summed E-state index contributed by atoms with van der Waals surface area (Å²) in [6, 6.07) is 15.1. The quantitative estimate of drug-likeness (QED) is 0.769. The molecule has 1 amide bonds. The average Bonchev–Trinajstić information content (AvgIpc) is 2.66. The second-order valence-corrected chi connectivity index (χ2v) is 7.69. The Kier molecular flexibility index (Phi) is 6.76. The van der Waals surface area contributed by atoms with Gasteiger partial charge in [-0.2, -0.15) is 0 Å². The van der Waals surface area contributed by atoms with E-state index in [4.69, 9.17) is 4.74 Å². The molecular formula is C19H24N2O4S. The van der Waals surface area contributed by atoms with Gasteiger partial charge >= 0.3 is 0 Å². The van der Waals surface area contributed by atoms with Crippen LogP contribution in [0.4, 0.5) is 5.69 Å². The number of carbonyl (C=O) groups is 1. The number of ether oxygens (including phenoxy) is 1. The number of hydrogen-bond donors (Lipinski definition) is 1. The van der Waals surface area contributed by atoms with Gasteiger partial charge in [-0.05, 0) is 49.7 Å². The molecule has 0 radical (unpaired) electrons. The van der Waals surface area contributed by atoms with Gasteiger partial charge in [0.2, 0.25) is 10.0 Å². The molecule has 7 heteroatoms. The molecule has 0 aromatic heterocycles. The van der Waals surface area contributed by atoms with E-state index >= 15 is 0 Å². The fraction of sp³-hybridized carbons (Fsp3) is 0.316. The summed E-state index contributed by atoms with van der Waals surface area (Å²) < 4.78 is 32.5. The second kappa shape index (κ2) is 8.82. The monoisotopic (exact) mass is 376 g/mol. The van der Waals surface area contributed by atoms with Crippen LogP contribution in [-0.2, 0) is 14.8 Å². The van der Waals surface area contributed by atoms with Crippen LogP contribution in [0.5, 0.6) is 5.75 Å². The molecule has 1 atom stereocenters. The van der Waals surface area contributed by atoms with Gasteiger partial charge in [0.15, 0.2) is 6.61 Å². The summed E-state index contributed by atoms with van der Waals surface area (Å²) in [5.41, 5.74) is 0.777. The molecule has 26 heavy (non-hydrogen) atoms. The van der Waals surface area contributed by atoms with Crippen molar-refractivity contribution in [3.8, 4) is 5.75 Å². The van der Waals surface area contributed by atoms with Crippen LogP contribution in [-0.4, -0.2) is 34.0 Å². The highest BCUT2D eigenvalue weighted by Crippen LogP contribution is 2.17. The van der Waals surface area contributed by atoms with Crippen molar-refractivity contribution in [3.05, 3.63) is 54.6 Å². The SMILES string of the molecule is CC[C@H](C)NS(=O)(=O)c1ccc(OCC(=O)N(C)c2ccccc2)cc1. The highest BCUT2D eigenvalue weighted by atomic mass is 32.2. The average molecular weight is 376 g/mol. The van der Waals surface area contributed by atoms with Crippen LogP contribution in [0.25, 0.3) is 0 Å². The summed E-state index contributed by atoms with van der Waals surface area (Å²) in [4.78, 5) is 13.9. The van der Waals surface area contributed by atoms with Gasteiger partial charge in [0.05, 0.1) is 4.90 Å². The molecular weight excluding hydrogens is 352 g/mol. The van der Waals surface area contributed by atoms with Crippen molar-refractivity contribution in [2.45, 2.75) is 31.2 Å². The Bertz CT molecular complexity index is 820. The van der Waals surface area contributed by atoms with Gasteiger partial charge in [-0.1, -0.05) is 25.1 Å². The van der Waals surface area contributed by atoms with Gasteiger partial charge in [-0.25, -0.2) is 13.1 Å². The Morgan fingerprint density at radius 3 is 2.31 bits per heavy atom. The number of carbonyl (C=O) groups excluding carboxylic acids is 1. The van der Waals surface area contributed by atoms with Gasteiger partial charge in [0.25, 0.3) is 5.91 Å². The third-order valence-electron chi connectivity index (χ3n) is 3.98. The van der Waals surface area contributed by atoms with Gasteiger partial charge in [0, 0.05) is 18.8 Å². The Hall–Kier alpha value is -2.38. The van der Waals surface area contributed by atoms with E-state index < -0.39 is 10.0 Å². The smallest absolute Gasteiger partial charge is 0.264 e. The lowest BCUT2D eigenvalue weighted by molar-refractivity contribution is -0.120. The molecule has 0 saturated carbocycles. The molecule has 0 bridgehead atoms. The molecule has 2 aromatic carbocycles. The molecule has 0 unspecified atom stereocenters. The molecule has 0 fully saturated rings. The van der Waals surface area contributed by atoms with Crippen molar-refractivity contribution in [3.63, 3.8) is 0 Å². The second-order valence-electron chi connectivity index (χ2n) is 5.98. The van der Waals surface area contributed by atoms with Gasteiger partial charge in [-0.15, -0.1) is 0 Å². The standard InChI is InChI=1S/C19H24N2O4S/c1-4-15(2)20-26(23,24)18-12-10-17(11-13-18)25-14-19(22)21(3)16-8-6-5-7-9-16/h5-13,15,20H,4,14H2,1-3H3/t15-/m0/s1. The Morgan fingerprint density at radius 1 is 1.12 bits per heavy atom. The first-order valence-electron chi connectivity index (χ1n) is 8.40. The Labute approximate surface area is 154 Å². The maximum atomic E-state index is 12.2. The molecule has 2 aromatic rings.